The monoisotopic (exact) mass is 269 g/mol. The molecule has 100 valence electrons. The number of likely N-dealkylation sites (N-methyl/N-ethyl adjacent to an activating group) is 1. The van der Waals surface area contributed by atoms with Crippen LogP contribution in [0.25, 0.3) is 0 Å². The number of nitrogens with zero attached hydrogens (tertiary/aromatic N) is 1. The largest absolute Gasteiger partial charge is 0.375 e. The number of halogens is 1. The lowest BCUT2D eigenvalue weighted by atomic mass is 9.90. The van der Waals surface area contributed by atoms with E-state index in [0.717, 1.165) is 5.56 Å². The lowest BCUT2D eigenvalue weighted by molar-refractivity contribution is -0.147. The molecule has 0 aliphatic heterocycles. The molecule has 0 fully saturated rings. The molecule has 1 aromatic rings. The summed E-state index contributed by atoms with van der Waals surface area (Å²) >= 11 is 6.10. The molecule has 1 N–H and O–H groups in total. The van der Waals surface area contributed by atoms with E-state index in [2.05, 4.69) is 13.8 Å². The Bertz CT molecular complexity index is 453. The highest BCUT2D eigenvalue weighted by molar-refractivity contribution is 6.31. The van der Waals surface area contributed by atoms with Crippen molar-refractivity contribution in [3.63, 3.8) is 0 Å². The molecule has 0 aromatic heterocycles. The number of carbonyl (C=O) groups excluding carboxylic acids is 1. The van der Waals surface area contributed by atoms with Gasteiger partial charge in [-0.25, -0.2) is 0 Å². The van der Waals surface area contributed by atoms with Crippen molar-refractivity contribution in [1.29, 1.82) is 0 Å². The summed E-state index contributed by atoms with van der Waals surface area (Å²) in [4.78, 5) is 13.4. The molecule has 0 bridgehead atoms. The van der Waals surface area contributed by atoms with Gasteiger partial charge in [-0.3, -0.25) is 4.79 Å². The van der Waals surface area contributed by atoms with Crippen LogP contribution in [0.15, 0.2) is 18.2 Å². The highest BCUT2D eigenvalue weighted by atomic mass is 35.5. The average molecular weight is 270 g/mol. The number of aliphatic hydroxyl groups is 1. The fourth-order valence-electron chi connectivity index (χ4n) is 1.83. The quantitative estimate of drug-likeness (QED) is 0.917. The van der Waals surface area contributed by atoms with E-state index in [0.29, 0.717) is 16.5 Å². The van der Waals surface area contributed by atoms with Crippen LogP contribution in [0.1, 0.15) is 37.8 Å². The third kappa shape index (κ3) is 2.85. The summed E-state index contributed by atoms with van der Waals surface area (Å²) in [5.41, 5.74) is -0.110. The van der Waals surface area contributed by atoms with Gasteiger partial charge in [0.1, 0.15) is 0 Å². The van der Waals surface area contributed by atoms with Crippen molar-refractivity contribution in [2.45, 2.75) is 32.3 Å². The molecule has 3 nitrogen and oxygen atoms in total. The van der Waals surface area contributed by atoms with Gasteiger partial charge >= 0.3 is 0 Å². The normalized spacial score (nSPS) is 14.4. The van der Waals surface area contributed by atoms with E-state index in [9.17, 15) is 9.90 Å². The van der Waals surface area contributed by atoms with Crippen molar-refractivity contribution in [1.82, 2.24) is 4.90 Å². The summed E-state index contributed by atoms with van der Waals surface area (Å²) in [6.07, 6.45) is 0. The van der Waals surface area contributed by atoms with Crippen LogP contribution in [-0.2, 0) is 10.4 Å². The Balaban J connectivity index is 3.31. The molecule has 1 atom stereocenters. The average Bonchev–Trinajstić information content (AvgIpc) is 2.27. The van der Waals surface area contributed by atoms with Crippen LogP contribution in [0, 0.1) is 0 Å². The van der Waals surface area contributed by atoms with Gasteiger partial charge in [0, 0.05) is 24.7 Å². The summed E-state index contributed by atoms with van der Waals surface area (Å²) in [6.45, 7) is 5.58. The minimum Gasteiger partial charge on any atom is -0.375 e. The van der Waals surface area contributed by atoms with Gasteiger partial charge in [-0.1, -0.05) is 37.6 Å². The fraction of sp³-hybridized carbons (Fsp3) is 0.500. The number of carbonyl (C=O) groups is 1. The number of rotatable bonds is 3. The van der Waals surface area contributed by atoms with Crippen LogP contribution < -0.4 is 0 Å². The molecule has 0 heterocycles. The summed E-state index contributed by atoms with van der Waals surface area (Å²) in [7, 11) is 3.22. The molecule has 1 aromatic carbocycles. The van der Waals surface area contributed by atoms with Crippen molar-refractivity contribution < 1.29 is 9.90 Å². The highest BCUT2D eigenvalue weighted by Crippen LogP contribution is 2.32. The Kier molecular flexibility index (Phi) is 4.41. The Labute approximate surface area is 113 Å². The zero-order valence-electron chi connectivity index (χ0n) is 11.5. The zero-order chi connectivity index (χ0) is 14.1. The molecule has 1 unspecified atom stereocenters. The molecule has 4 heteroatoms. The molecule has 0 spiro atoms. The predicted molar refractivity (Wildman–Crippen MR) is 73.8 cm³/mol. The first kappa shape index (κ1) is 15.0. The van der Waals surface area contributed by atoms with Crippen molar-refractivity contribution in [3.8, 4) is 0 Å². The van der Waals surface area contributed by atoms with Gasteiger partial charge in [-0.15, -0.1) is 0 Å². The molecule has 0 aliphatic rings. The summed E-state index contributed by atoms with van der Waals surface area (Å²) in [6, 6.07) is 5.44. The van der Waals surface area contributed by atoms with Crippen molar-refractivity contribution in [3.05, 3.63) is 34.3 Å². The maximum absolute atomic E-state index is 12.0. The molecule has 1 amide bonds. The highest BCUT2D eigenvalue weighted by Gasteiger charge is 2.35. The fourth-order valence-corrected chi connectivity index (χ4v) is 2.13. The molecular weight excluding hydrogens is 250 g/mol. The Morgan fingerprint density at radius 2 is 1.94 bits per heavy atom. The Hall–Kier alpha value is -1.06. The van der Waals surface area contributed by atoms with Gasteiger partial charge in [0.2, 0.25) is 0 Å². The third-order valence-corrected chi connectivity index (χ3v) is 3.33. The molecule has 0 saturated heterocycles. The standard InChI is InChI=1S/C14H20ClNO2/c1-9(2)10-6-7-12(15)11(8-10)14(3,18)13(17)16(4)5/h6-9,18H,1-5H3. The summed E-state index contributed by atoms with van der Waals surface area (Å²) in [5, 5.41) is 10.8. The van der Waals surface area contributed by atoms with E-state index in [-0.39, 0.29) is 5.91 Å². The van der Waals surface area contributed by atoms with Crippen LogP contribution in [0.4, 0.5) is 0 Å². The van der Waals surface area contributed by atoms with Gasteiger partial charge in [-0.2, -0.15) is 0 Å². The van der Waals surface area contributed by atoms with E-state index >= 15 is 0 Å². The Morgan fingerprint density at radius 1 is 1.39 bits per heavy atom. The summed E-state index contributed by atoms with van der Waals surface area (Å²) < 4.78 is 0. The predicted octanol–water partition coefficient (Wildman–Crippen LogP) is 2.76. The number of hydrogen-bond donors (Lipinski definition) is 1. The number of amides is 1. The minimum absolute atomic E-state index is 0.311. The lowest BCUT2D eigenvalue weighted by Crippen LogP contribution is -2.41. The molecule has 1 rings (SSSR count). The van der Waals surface area contributed by atoms with Gasteiger partial charge in [0.15, 0.2) is 5.60 Å². The molecular formula is C14H20ClNO2. The first-order chi connectivity index (χ1) is 8.17. The van der Waals surface area contributed by atoms with E-state index in [1.165, 1.54) is 11.8 Å². The van der Waals surface area contributed by atoms with Crippen LogP contribution in [0.5, 0.6) is 0 Å². The van der Waals surface area contributed by atoms with Crippen molar-refractivity contribution >= 4 is 17.5 Å². The second-order valence-corrected chi connectivity index (χ2v) is 5.57. The summed E-state index contributed by atoms with van der Waals surface area (Å²) in [5.74, 6) is -0.0726. The molecule has 0 radical (unpaired) electrons. The first-order valence-corrected chi connectivity index (χ1v) is 6.29. The maximum atomic E-state index is 12.0. The molecule has 0 saturated carbocycles. The van der Waals surface area contributed by atoms with E-state index in [1.54, 1.807) is 26.2 Å². The molecule has 18 heavy (non-hydrogen) atoms. The SMILES string of the molecule is CC(C)c1ccc(Cl)c(C(C)(O)C(=O)N(C)C)c1. The number of benzene rings is 1. The van der Waals surface area contributed by atoms with Crippen molar-refractivity contribution in [2.75, 3.05) is 14.1 Å². The third-order valence-electron chi connectivity index (χ3n) is 3.00. The zero-order valence-corrected chi connectivity index (χ0v) is 12.2. The van der Waals surface area contributed by atoms with E-state index in [1.807, 2.05) is 6.07 Å². The van der Waals surface area contributed by atoms with Crippen molar-refractivity contribution in [2.24, 2.45) is 0 Å². The second-order valence-electron chi connectivity index (χ2n) is 5.17. The smallest absolute Gasteiger partial charge is 0.258 e. The van der Waals surface area contributed by atoms with Crippen LogP contribution in [0.3, 0.4) is 0 Å². The number of hydrogen-bond acceptors (Lipinski definition) is 2. The van der Waals surface area contributed by atoms with Gasteiger partial charge in [0.05, 0.1) is 0 Å². The lowest BCUT2D eigenvalue weighted by Gasteiger charge is -2.27. The second kappa shape index (κ2) is 5.29. The van der Waals surface area contributed by atoms with E-state index in [4.69, 9.17) is 11.6 Å². The van der Waals surface area contributed by atoms with Crippen LogP contribution in [0.2, 0.25) is 5.02 Å². The van der Waals surface area contributed by atoms with Crippen LogP contribution >= 0.6 is 11.6 Å². The first-order valence-electron chi connectivity index (χ1n) is 5.92. The Morgan fingerprint density at radius 3 is 2.39 bits per heavy atom. The maximum Gasteiger partial charge on any atom is 0.258 e. The van der Waals surface area contributed by atoms with E-state index < -0.39 is 5.60 Å². The van der Waals surface area contributed by atoms with Gasteiger partial charge < -0.3 is 10.0 Å². The van der Waals surface area contributed by atoms with Gasteiger partial charge in [0.25, 0.3) is 5.91 Å². The minimum atomic E-state index is -1.61. The molecule has 0 aliphatic carbocycles. The topological polar surface area (TPSA) is 40.5 Å². The van der Waals surface area contributed by atoms with Crippen LogP contribution in [-0.4, -0.2) is 30.0 Å². The van der Waals surface area contributed by atoms with Gasteiger partial charge in [-0.05, 0) is 24.5 Å².